The van der Waals surface area contributed by atoms with Crippen LogP contribution < -0.4 is 20.1 Å². The molecule has 2 aliphatic rings. The molecule has 3 rings (SSSR count). The van der Waals surface area contributed by atoms with Crippen LogP contribution in [0.2, 0.25) is 0 Å². The van der Waals surface area contributed by atoms with E-state index in [1.54, 1.807) is 6.92 Å². The minimum Gasteiger partial charge on any atom is -0.490 e. The van der Waals surface area contributed by atoms with Crippen LogP contribution in [0.1, 0.15) is 77.8 Å². The Hall–Kier alpha value is -2.77. The highest BCUT2D eigenvalue weighted by atomic mass is 16.5. The molecule has 2 fully saturated rings. The van der Waals surface area contributed by atoms with E-state index in [0.29, 0.717) is 37.6 Å². The van der Waals surface area contributed by atoms with Gasteiger partial charge in [-0.15, -0.1) is 0 Å². The molecule has 4 amide bonds. The van der Waals surface area contributed by atoms with E-state index in [-0.39, 0.29) is 17.9 Å². The van der Waals surface area contributed by atoms with Gasteiger partial charge in [0.05, 0.1) is 19.3 Å². The zero-order valence-corrected chi connectivity index (χ0v) is 19.5. The van der Waals surface area contributed by atoms with Crippen LogP contribution in [0.25, 0.3) is 0 Å². The molecule has 176 valence electrons. The minimum atomic E-state index is -0.895. The Kier molecular flexibility index (Phi) is 7.64. The molecule has 1 aromatic carbocycles. The third kappa shape index (κ3) is 4.84. The lowest BCUT2D eigenvalue weighted by Gasteiger charge is -2.25. The van der Waals surface area contributed by atoms with E-state index in [1.165, 1.54) is 0 Å². The van der Waals surface area contributed by atoms with Gasteiger partial charge in [-0.3, -0.25) is 9.59 Å². The summed E-state index contributed by atoms with van der Waals surface area (Å²) in [6.45, 7) is 8.69. The van der Waals surface area contributed by atoms with Gasteiger partial charge in [-0.05, 0) is 57.2 Å². The SMILES string of the molecule is CCCOc1ccc(C(C)NC(=O)C(C)N2C(=O)NC3(CCCC3)C2=O)cc1OCCC. The summed E-state index contributed by atoms with van der Waals surface area (Å²) in [7, 11) is 0. The maximum atomic E-state index is 12.9. The summed E-state index contributed by atoms with van der Waals surface area (Å²) < 4.78 is 11.6. The maximum Gasteiger partial charge on any atom is 0.325 e. The van der Waals surface area contributed by atoms with Crippen molar-refractivity contribution in [2.24, 2.45) is 0 Å². The molecule has 2 unspecified atom stereocenters. The zero-order valence-electron chi connectivity index (χ0n) is 19.5. The van der Waals surface area contributed by atoms with E-state index in [2.05, 4.69) is 10.6 Å². The third-order valence-electron chi connectivity index (χ3n) is 6.17. The number of benzene rings is 1. The van der Waals surface area contributed by atoms with Crippen molar-refractivity contribution >= 4 is 17.8 Å². The summed E-state index contributed by atoms with van der Waals surface area (Å²) in [5.74, 6) is 0.655. The van der Waals surface area contributed by atoms with Crippen molar-refractivity contribution in [2.75, 3.05) is 13.2 Å². The lowest BCUT2D eigenvalue weighted by molar-refractivity contribution is -0.138. The zero-order chi connectivity index (χ0) is 23.3. The number of rotatable bonds is 10. The molecule has 8 nitrogen and oxygen atoms in total. The predicted octanol–water partition coefficient (Wildman–Crippen LogP) is 3.69. The fourth-order valence-corrected chi connectivity index (χ4v) is 4.30. The number of amides is 4. The van der Waals surface area contributed by atoms with Gasteiger partial charge in [0.2, 0.25) is 5.91 Å². The van der Waals surface area contributed by atoms with Crippen molar-refractivity contribution in [3.63, 3.8) is 0 Å². The normalized spacial score (nSPS) is 19.1. The molecule has 1 spiro atoms. The van der Waals surface area contributed by atoms with Crippen LogP contribution in [-0.4, -0.2) is 47.5 Å². The smallest absolute Gasteiger partial charge is 0.325 e. The van der Waals surface area contributed by atoms with Crippen LogP contribution in [0, 0.1) is 0 Å². The molecule has 1 saturated heterocycles. The Morgan fingerprint density at radius 1 is 1.09 bits per heavy atom. The van der Waals surface area contributed by atoms with Crippen LogP contribution >= 0.6 is 0 Å². The van der Waals surface area contributed by atoms with Gasteiger partial charge in [-0.25, -0.2) is 9.69 Å². The summed E-state index contributed by atoms with van der Waals surface area (Å²) in [5, 5.41) is 5.76. The van der Waals surface area contributed by atoms with Crippen LogP contribution in [0.5, 0.6) is 11.5 Å². The van der Waals surface area contributed by atoms with Crippen molar-refractivity contribution in [1.82, 2.24) is 15.5 Å². The number of urea groups is 1. The molecule has 1 heterocycles. The molecule has 1 aliphatic heterocycles. The van der Waals surface area contributed by atoms with Gasteiger partial charge in [0.15, 0.2) is 11.5 Å². The standard InChI is InChI=1S/C24H35N3O5/c1-5-13-31-19-10-9-18(15-20(19)32-14-6-2)16(3)25-21(28)17(4)27-22(29)24(26-23(27)30)11-7-8-12-24/h9-10,15-17H,5-8,11-14H2,1-4H3,(H,25,28)(H,26,30). The van der Waals surface area contributed by atoms with E-state index in [0.717, 1.165) is 36.1 Å². The van der Waals surface area contributed by atoms with Crippen molar-refractivity contribution in [2.45, 2.75) is 83.8 Å². The number of hydrogen-bond acceptors (Lipinski definition) is 5. The fourth-order valence-electron chi connectivity index (χ4n) is 4.30. The summed E-state index contributed by atoms with van der Waals surface area (Å²) in [4.78, 5) is 39.4. The molecule has 8 heteroatoms. The molecule has 0 radical (unpaired) electrons. The highest BCUT2D eigenvalue weighted by molar-refractivity contribution is 6.10. The number of carbonyl (C=O) groups is 3. The van der Waals surface area contributed by atoms with Crippen molar-refractivity contribution < 1.29 is 23.9 Å². The number of carbonyl (C=O) groups excluding carboxylic acids is 3. The second kappa shape index (κ2) is 10.2. The van der Waals surface area contributed by atoms with Gasteiger partial charge in [0, 0.05) is 0 Å². The lowest BCUT2D eigenvalue weighted by Crippen LogP contribution is -2.50. The maximum absolute atomic E-state index is 12.9. The second-order valence-electron chi connectivity index (χ2n) is 8.70. The summed E-state index contributed by atoms with van der Waals surface area (Å²) in [6, 6.07) is 3.89. The Balaban J connectivity index is 1.69. The number of ether oxygens (including phenoxy) is 2. The molecule has 2 atom stereocenters. The third-order valence-corrected chi connectivity index (χ3v) is 6.17. The Morgan fingerprint density at radius 2 is 1.72 bits per heavy atom. The molecule has 1 saturated carbocycles. The predicted molar refractivity (Wildman–Crippen MR) is 121 cm³/mol. The first-order chi connectivity index (χ1) is 15.3. The monoisotopic (exact) mass is 445 g/mol. The molecule has 0 aromatic heterocycles. The summed E-state index contributed by atoms with van der Waals surface area (Å²) in [5.41, 5.74) is 0.0295. The minimum absolute atomic E-state index is 0.289. The second-order valence-corrected chi connectivity index (χ2v) is 8.70. The van der Waals surface area contributed by atoms with Gasteiger partial charge in [-0.2, -0.15) is 0 Å². The van der Waals surface area contributed by atoms with Crippen LogP contribution in [0.15, 0.2) is 18.2 Å². The Bertz CT molecular complexity index is 850. The number of hydrogen-bond donors (Lipinski definition) is 2. The van der Waals surface area contributed by atoms with E-state index < -0.39 is 17.6 Å². The average Bonchev–Trinajstić information content (AvgIpc) is 3.34. The van der Waals surface area contributed by atoms with Crippen molar-refractivity contribution in [3.8, 4) is 11.5 Å². The highest BCUT2D eigenvalue weighted by Gasteiger charge is 2.54. The van der Waals surface area contributed by atoms with Gasteiger partial charge in [-0.1, -0.05) is 32.8 Å². The summed E-state index contributed by atoms with van der Waals surface area (Å²) >= 11 is 0. The molecule has 32 heavy (non-hydrogen) atoms. The van der Waals surface area contributed by atoms with Gasteiger partial charge in [0.25, 0.3) is 5.91 Å². The van der Waals surface area contributed by atoms with Crippen molar-refractivity contribution in [1.29, 1.82) is 0 Å². The van der Waals surface area contributed by atoms with Gasteiger partial charge in [0.1, 0.15) is 11.6 Å². The largest absolute Gasteiger partial charge is 0.490 e. The first-order valence-corrected chi connectivity index (χ1v) is 11.7. The molecule has 1 aliphatic carbocycles. The van der Waals surface area contributed by atoms with Crippen LogP contribution in [-0.2, 0) is 9.59 Å². The Labute approximate surface area is 190 Å². The Morgan fingerprint density at radius 3 is 2.34 bits per heavy atom. The first kappa shape index (κ1) is 23.9. The highest BCUT2D eigenvalue weighted by Crippen LogP contribution is 2.36. The van der Waals surface area contributed by atoms with Crippen molar-refractivity contribution in [3.05, 3.63) is 23.8 Å². The molecule has 2 N–H and O–H groups in total. The number of nitrogens with zero attached hydrogens (tertiary/aromatic N) is 1. The quantitative estimate of drug-likeness (QED) is 0.536. The molecular weight excluding hydrogens is 410 g/mol. The molecular formula is C24H35N3O5. The van der Waals surface area contributed by atoms with E-state index >= 15 is 0 Å². The molecule has 0 bridgehead atoms. The fraction of sp³-hybridized carbons (Fsp3) is 0.625. The lowest BCUT2D eigenvalue weighted by atomic mass is 9.97. The van der Waals surface area contributed by atoms with Gasteiger partial charge < -0.3 is 20.1 Å². The number of nitrogens with one attached hydrogen (secondary N) is 2. The van der Waals surface area contributed by atoms with E-state index in [1.807, 2.05) is 39.0 Å². The van der Waals surface area contributed by atoms with Crippen LogP contribution in [0.3, 0.4) is 0 Å². The van der Waals surface area contributed by atoms with Gasteiger partial charge >= 0.3 is 6.03 Å². The first-order valence-electron chi connectivity index (χ1n) is 11.7. The van der Waals surface area contributed by atoms with E-state index in [9.17, 15) is 14.4 Å². The average molecular weight is 446 g/mol. The van der Waals surface area contributed by atoms with Crippen LogP contribution in [0.4, 0.5) is 4.79 Å². The van der Waals surface area contributed by atoms with E-state index in [4.69, 9.17) is 9.47 Å². The summed E-state index contributed by atoms with van der Waals surface area (Å²) in [6.07, 6.45) is 4.82. The number of imide groups is 1. The topological polar surface area (TPSA) is 97.0 Å². The molecule has 1 aromatic rings.